The molecule has 0 atom stereocenters. The van der Waals surface area contributed by atoms with E-state index in [9.17, 15) is 14.0 Å². The van der Waals surface area contributed by atoms with Crippen molar-refractivity contribution in [1.29, 1.82) is 0 Å². The molecule has 0 aliphatic heterocycles. The lowest BCUT2D eigenvalue weighted by Gasteiger charge is -2.11. The molecule has 3 rings (SSSR count). The number of halogens is 1. The summed E-state index contributed by atoms with van der Waals surface area (Å²) in [4.78, 5) is 23.9. The summed E-state index contributed by atoms with van der Waals surface area (Å²) in [6.45, 7) is 3.76. The molecular formula is C21H19FO5. The maximum absolute atomic E-state index is 13.8. The molecule has 1 aromatic heterocycles. The Hall–Kier alpha value is -3.15. The van der Waals surface area contributed by atoms with Crippen LogP contribution in [0, 0.1) is 12.7 Å². The Kier molecular flexibility index (Phi) is 5.26. The summed E-state index contributed by atoms with van der Waals surface area (Å²) in [6, 6.07) is 9.13. The van der Waals surface area contributed by atoms with E-state index >= 15 is 0 Å². The van der Waals surface area contributed by atoms with Crippen molar-refractivity contribution in [3.05, 3.63) is 69.3 Å². The third-order valence-corrected chi connectivity index (χ3v) is 4.30. The van der Waals surface area contributed by atoms with Gasteiger partial charge < -0.3 is 13.9 Å². The van der Waals surface area contributed by atoms with E-state index in [-0.39, 0.29) is 12.2 Å². The molecule has 6 heteroatoms. The molecule has 140 valence electrons. The second kappa shape index (κ2) is 7.61. The van der Waals surface area contributed by atoms with Gasteiger partial charge in [0.15, 0.2) is 11.6 Å². The molecule has 0 radical (unpaired) electrons. The number of esters is 1. The summed E-state index contributed by atoms with van der Waals surface area (Å²) in [5.41, 5.74) is 1.97. The molecule has 0 aliphatic rings. The highest BCUT2D eigenvalue weighted by Gasteiger charge is 2.14. The van der Waals surface area contributed by atoms with E-state index in [2.05, 4.69) is 0 Å². The average Bonchev–Trinajstić information content (AvgIpc) is 2.61. The Balaban J connectivity index is 1.87. The van der Waals surface area contributed by atoms with Gasteiger partial charge in [-0.2, -0.15) is 0 Å². The molecule has 0 spiro atoms. The number of methoxy groups -OCH3 is 1. The topological polar surface area (TPSA) is 65.7 Å². The highest BCUT2D eigenvalue weighted by atomic mass is 19.1. The zero-order valence-electron chi connectivity index (χ0n) is 15.3. The number of carbonyl (C=O) groups is 1. The minimum atomic E-state index is -0.542. The van der Waals surface area contributed by atoms with Crippen LogP contribution < -0.4 is 15.1 Å². The van der Waals surface area contributed by atoms with Gasteiger partial charge in [0.2, 0.25) is 0 Å². The van der Waals surface area contributed by atoms with E-state index in [4.69, 9.17) is 13.9 Å². The Morgan fingerprint density at radius 2 is 1.93 bits per heavy atom. The van der Waals surface area contributed by atoms with Crippen molar-refractivity contribution in [2.45, 2.75) is 26.7 Å². The SMILES string of the molecule is CCc1cc2c(C)cc(=O)oc2cc1OC(=O)Cc1ccc(OC)c(F)c1. The number of aryl methyl sites for hydroxylation is 2. The molecule has 0 saturated heterocycles. The highest BCUT2D eigenvalue weighted by Crippen LogP contribution is 2.28. The largest absolute Gasteiger partial charge is 0.494 e. The zero-order chi connectivity index (χ0) is 19.6. The van der Waals surface area contributed by atoms with Crippen molar-refractivity contribution >= 4 is 16.9 Å². The first-order valence-electron chi connectivity index (χ1n) is 8.51. The minimum Gasteiger partial charge on any atom is -0.494 e. The summed E-state index contributed by atoms with van der Waals surface area (Å²) >= 11 is 0. The zero-order valence-corrected chi connectivity index (χ0v) is 15.3. The fraction of sp³-hybridized carbons (Fsp3) is 0.238. The molecule has 0 saturated carbocycles. The van der Waals surface area contributed by atoms with Crippen molar-refractivity contribution in [2.24, 2.45) is 0 Å². The van der Waals surface area contributed by atoms with Gasteiger partial charge in [-0.1, -0.05) is 13.0 Å². The molecule has 1 heterocycles. The number of benzene rings is 2. The average molecular weight is 370 g/mol. The lowest BCUT2D eigenvalue weighted by molar-refractivity contribution is -0.133. The van der Waals surface area contributed by atoms with Crippen LogP contribution in [0.5, 0.6) is 11.5 Å². The predicted molar refractivity (Wildman–Crippen MR) is 98.9 cm³/mol. The molecular weight excluding hydrogens is 351 g/mol. The Labute approximate surface area is 155 Å². The van der Waals surface area contributed by atoms with Crippen LogP contribution in [-0.2, 0) is 17.6 Å². The van der Waals surface area contributed by atoms with Crippen LogP contribution in [0.25, 0.3) is 11.0 Å². The van der Waals surface area contributed by atoms with E-state index in [1.807, 2.05) is 19.9 Å². The fourth-order valence-electron chi connectivity index (χ4n) is 2.91. The summed E-state index contributed by atoms with van der Waals surface area (Å²) in [5, 5.41) is 0.795. The Bertz CT molecular complexity index is 1070. The van der Waals surface area contributed by atoms with E-state index in [0.717, 1.165) is 16.5 Å². The third kappa shape index (κ3) is 4.00. The van der Waals surface area contributed by atoms with E-state index in [1.54, 1.807) is 12.1 Å². The number of hydrogen-bond donors (Lipinski definition) is 0. The normalized spacial score (nSPS) is 10.8. The van der Waals surface area contributed by atoms with Gasteiger partial charge in [0, 0.05) is 17.5 Å². The number of hydrogen-bond acceptors (Lipinski definition) is 5. The van der Waals surface area contributed by atoms with E-state index in [0.29, 0.717) is 23.3 Å². The summed E-state index contributed by atoms with van der Waals surface area (Å²) in [7, 11) is 1.37. The van der Waals surface area contributed by atoms with Crippen molar-refractivity contribution in [2.75, 3.05) is 7.11 Å². The smallest absolute Gasteiger partial charge is 0.336 e. The first kappa shape index (κ1) is 18.6. The summed E-state index contributed by atoms with van der Waals surface area (Å²) in [5.74, 6) is -0.637. The van der Waals surface area contributed by atoms with E-state index < -0.39 is 17.4 Å². The van der Waals surface area contributed by atoms with Crippen molar-refractivity contribution in [3.8, 4) is 11.5 Å². The highest BCUT2D eigenvalue weighted by molar-refractivity contribution is 5.84. The van der Waals surface area contributed by atoms with Crippen LogP contribution in [0.15, 0.2) is 45.6 Å². The van der Waals surface area contributed by atoms with Crippen molar-refractivity contribution < 1.29 is 23.1 Å². The van der Waals surface area contributed by atoms with Crippen molar-refractivity contribution in [3.63, 3.8) is 0 Å². The van der Waals surface area contributed by atoms with Gasteiger partial charge >= 0.3 is 11.6 Å². The third-order valence-electron chi connectivity index (χ3n) is 4.30. The van der Waals surface area contributed by atoms with Crippen LogP contribution in [0.1, 0.15) is 23.6 Å². The molecule has 3 aromatic rings. The molecule has 0 bridgehead atoms. The molecule has 27 heavy (non-hydrogen) atoms. The quantitative estimate of drug-likeness (QED) is 0.386. The van der Waals surface area contributed by atoms with Crippen LogP contribution in [-0.4, -0.2) is 13.1 Å². The van der Waals surface area contributed by atoms with Gasteiger partial charge in [-0.25, -0.2) is 9.18 Å². The van der Waals surface area contributed by atoms with Gasteiger partial charge in [0.25, 0.3) is 0 Å². The summed E-state index contributed by atoms with van der Waals surface area (Å²) in [6.07, 6.45) is 0.536. The van der Waals surface area contributed by atoms with Gasteiger partial charge in [-0.15, -0.1) is 0 Å². The van der Waals surface area contributed by atoms with Gasteiger partial charge in [-0.05, 0) is 48.2 Å². The first-order valence-corrected chi connectivity index (χ1v) is 8.51. The van der Waals surface area contributed by atoms with Gasteiger partial charge in [0.05, 0.1) is 13.5 Å². The van der Waals surface area contributed by atoms with Crippen LogP contribution in [0.3, 0.4) is 0 Å². The van der Waals surface area contributed by atoms with Gasteiger partial charge in [-0.3, -0.25) is 4.79 Å². The number of carbonyl (C=O) groups excluding carboxylic acids is 1. The maximum atomic E-state index is 13.8. The second-order valence-corrected chi connectivity index (χ2v) is 6.18. The number of fused-ring (bicyclic) bond motifs is 1. The monoisotopic (exact) mass is 370 g/mol. The van der Waals surface area contributed by atoms with Gasteiger partial charge in [0.1, 0.15) is 11.3 Å². The number of ether oxygens (including phenoxy) is 2. The van der Waals surface area contributed by atoms with E-state index in [1.165, 1.54) is 25.3 Å². The standard InChI is InChI=1S/C21H19FO5/c1-4-14-10-15-12(2)7-20(23)27-19(15)11-18(14)26-21(24)9-13-5-6-17(25-3)16(22)8-13/h5-8,10-11H,4,9H2,1-3H3. The maximum Gasteiger partial charge on any atom is 0.336 e. The first-order chi connectivity index (χ1) is 12.9. The fourth-order valence-corrected chi connectivity index (χ4v) is 2.91. The summed E-state index contributed by atoms with van der Waals surface area (Å²) < 4.78 is 29.3. The number of rotatable bonds is 5. The lowest BCUT2D eigenvalue weighted by Crippen LogP contribution is -2.13. The second-order valence-electron chi connectivity index (χ2n) is 6.18. The molecule has 0 N–H and O–H groups in total. The van der Waals surface area contributed by atoms with Crippen LogP contribution in [0.2, 0.25) is 0 Å². The molecule has 2 aromatic carbocycles. The van der Waals surface area contributed by atoms with Crippen LogP contribution >= 0.6 is 0 Å². The Morgan fingerprint density at radius 3 is 2.59 bits per heavy atom. The predicted octanol–water partition coefficient (Wildman–Crippen LogP) is 3.96. The van der Waals surface area contributed by atoms with Crippen LogP contribution in [0.4, 0.5) is 4.39 Å². The lowest BCUT2D eigenvalue weighted by atomic mass is 10.1. The minimum absolute atomic E-state index is 0.0973. The molecule has 0 aliphatic carbocycles. The molecule has 0 unspecified atom stereocenters. The molecule has 0 amide bonds. The molecule has 0 fully saturated rings. The Morgan fingerprint density at radius 1 is 1.15 bits per heavy atom. The molecule has 5 nitrogen and oxygen atoms in total. The van der Waals surface area contributed by atoms with Crippen molar-refractivity contribution in [1.82, 2.24) is 0 Å².